The molecule has 79 heavy (non-hydrogen) atoms. The van der Waals surface area contributed by atoms with Gasteiger partial charge in [-0.1, -0.05) is 103 Å². The Morgan fingerprint density at radius 3 is 0.949 bits per heavy atom. The summed E-state index contributed by atoms with van der Waals surface area (Å²) in [6, 6.07) is 12.2. The second-order valence-electron chi connectivity index (χ2n) is 17.5. The van der Waals surface area contributed by atoms with Crippen LogP contribution in [-0.2, 0) is 56.0 Å². The van der Waals surface area contributed by atoms with E-state index in [9.17, 15) is 105 Å². The van der Waals surface area contributed by atoms with E-state index in [-0.39, 0.29) is 6.61 Å². The summed E-state index contributed by atoms with van der Waals surface area (Å²) in [6.45, 7) is 1.02. The summed E-state index contributed by atoms with van der Waals surface area (Å²) >= 11 is 0. The minimum absolute atomic E-state index is 0.181. The van der Waals surface area contributed by atoms with Crippen LogP contribution in [0.25, 0.3) is 16.8 Å². The largest absolute Gasteiger partial charge is 0.416 e. The first-order valence-corrected chi connectivity index (χ1v) is 22.2. The van der Waals surface area contributed by atoms with E-state index in [1.54, 1.807) is 0 Å². The van der Waals surface area contributed by atoms with Gasteiger partial charge in [-0.15, -0.1) is 0 Å². The normalized spacial score (nSPS) is 13.5. The third-order valence-corrected chi connectivity index (χ3v) is 12.2. The molecule has 2 nitrogen and oxygen atoms in total. The predicted molar refractivity (Wildman–Crippen MR) is 240 cm³/mol. The van der Waals surface area contributed by atoms with Crippen molar-refractivity contribution in [1.82, 2.24) is 0 Å². The van der Waals surface area contributed by atoms with Gasteiger partial charge in [-0.2, -0.15) is 132 Å². The fourth-order valence-corrected chi connectivity index (χ4v) is 8.72. The predicted octanol–water partition coefficient (Wildman–Crippen LogP) is 14.8. The quantitative estimate of drug-likeness (QED) is 0.0869. The average Bonchev–Trinajstić information content (AvgIpc) is 3.37. The molecule has 7 aromatic rings. The molecule has 0 amide bonds. The van der Waals surface area contributed by atoms with Gasteiger partial charge >= 0.3 is 49.4 Å². The van der Waals surface area contributed by atoms with Crippen molar-refractivity contribution in [3.63, 3.8) is 0 Å². The first kappa shape index (κ1) is 61.0. The van der Waals surface area contributed by atoms with Crippen molar-refractivity contribution in [2.75, 3.05) is 6.61 Å². The van der Waals surface area contributed by atoms with Crippen LogP contribution >= 0.6 is 0 Å². The van der Waals surface area contributed by atoms with E-state index in [1.165, 1.54) is 22.0 Å². The second-order valence-corrected chi connectivity index (χ2v) is 17.5. The summed E-state index contributed by atoms with van der Waals surface area (Å²) < 4.78 is 343. The lowest BCUT2D eigenvalue weighted by molar-refractivity contribution is -0.688. The molecule has 1 aromatic heterocycles. The lowest BCUT2D eigenvalue weighted by atomic mass is 9.12. The Bertz CT molecular complexity index is 2890. The van der Waals surface area contributed by atoms with Crippen molar-refractivity contribution in [3.05, 3.63) is 201 Å². The molecule has 1 N–H and O–H groups in total. The van der Waals surface area contributed by atoms with Crippen LogP contribution < -0.4 is 26.4 Å². The van der Waals surface area contributed by atoms with E-state index in [0.29, 0.717) is 6.42 Å². The highest BCUT2D eigenvalue weighted by Crippen LogP contribution is 2.41. The molecule has 0 spiro atoms. The van der Waals surface area contributed by atoms with Crippen LogP contribution in [0.5, 0.6) is 0 Å². The molecule has 0 fully saturated rings. The highest BCUT2D eigenvalue weighted by molar-refractivity contribution is 7.20. The molecule has 7 rings (SSSR count). The molecule has 0 saturated carbocycles. The molecule has 0 aliphatic carbocycles. The number of alkyl halides is 24. The highest BCUT2D eigenvalue weighted by atomic mass is 19.4. The molecule has 422 valence electrons. The number of hydrogen-bond acceptors (Lipinski definition) is 1. The Kier molecular flexibility index (Phi) is 16.8. The van der Waals surface area contributed by atoms with E-state index in [0.717, 1.165) is 6.54 Å². The summed E-state index contributed by atoms with van der Waals surface area (Å²) in [4.78, 5) is 0. The van der Waals surface area contributed by atoms with Crippen molar-refractivity contribution >= 4 is 44.8 Å². The van der Waals surface area contributed by atoms with Gasteiger partial charge in [-0.25, -0.2) is 0 Å². The number of hydrogen-bond donors (Lipinski definition) is 1. The Morgan fingerprint density at radius 1 is 0.367 bits per heavy atom. The number of aliphatic hydroxyl groups excluding tert-OH is 1. The summed E-state index contributed by atoms with van der Waals surface area (Å²) in [5, 5.41) is 11.5. The molecule has 0 atom stereocenters. The van der Waals surface area contributed by atoms with Gasteiger partial charge in [0.05, 0.1) is 49.9 Å². The van der Waals surface area contributed by atoms with E-state index >= 15 is 0 Å². The monoisotopic (exact) mass is 1150 g/mol. The Balaban J connectivity index is 0.000000378. The molecule has 0 aliphatic rings. The van der Waals surface area contributed by atoms with Gasteiger partial charge in [-0.05, 0) is 42.1 Å². The number of aliphatic hydroxyl groups is 1. The lowest BCUT2D eigenvalue weighted by Crippen LogP contribution is -2.75. The number of nitrogens with zero attached hydrogens (tertiary/aromatic N) is 1. The molecule has 0 bridgehead atoms. The molecule has 0 saturated heterocycles. The number of aromatic nitrogens is 1. The maximum Gasteiger partial charge on any atom is 0.416 e. The zero-order valence-electron chi connectivity index (χ0n) is 39.1. The number of rotatable bonds is 9. The van der Waals surface area contributed by atoms with Gasteiger partial charge in [0.2, 0.25) is 5.69 Å². The number of halogens is 24. The van der Waals surface area contributed by atoms with E-state index in [1.807, 2.05) is 12.1 Å². The molecule has 27 heteroatoms. The Labute approximate surface area is 429 Å². The Morgan fingerprint density at radius 2 is 0.658 bits per heavy atom. The average molecular weight is 1150 g/mol. The third-order valence-electron chi connectivity index (χ3n) is 12.2. The van der Waals surface area contributed by atoms with Crippen molar-refractivity contribution in [2.45, 2.75) is 62.4 Å². The first-order chi connectivity index (χ1) is 36.1. The van der Waals surface area contributed by atoms with Crippen LogP contribution in [0.1, 0.15) is 62.2 Å². The minimum atomic E-state index is -6.13. The van der Waals surface area contributed by atoms with Crippen LogP contribution in [-0.4, -0.2) is 17.9 Å². The van der Waals surface area contributed by atoms with Crippen molar-refractivity contribution < 1.29 is 115 Å². The molecule has 0 aliphatic heterocycles. The van der Waals surface area contributed by atoms with Crippen LogP contribution in [0.15, 0.2) is 146 Å². The smallest absolute Gasteiger partial charge is 0.396 e. The first-order valence-electron chi connectivity index (χ1n) is 22.2. The summed E-state index contributed by atoms with van der Waals surface area (Å²) in [5.74, 6) is 0. The molecule has 0 radical (unpaired) electrons. The number of fused-ring (bicyclic) bond motifs is 1. The zero-order chi connectivity index (χ0) is 59.1. The minimum Gasteiger partial charge on any atom is -0.396 e. The van der Waals surface area contributed by atoms with Crippen LogP contribution in [0.2, 0.25) is 0 Å². The second kappa shape index (κ2) is 21.8. The van der Waals surface area contributed by atoms with Gasteiger partial charge < -0.3 is 5.11 Å². The maximum absolute atomic E-state index is 14.2. The Hall–Kier alpha value is -7.19. The molecular formula is C52H32BF24NO. The zero-order valence-corrected chi connectivity index (χ0v) is 39.1. The van der Waals surface area contributed by atoms with Gasteiger partial charge in [0.1, 0.15) is 6.15 Å². The van der Waals surface area contributed by atoms with Crippen molar-refractivity contribution in [3.8, 4) is 0 Å². The van der Waals surface area contributed by atoms with E-state index in [2.05, 4.69) is 71.4 Å². The van der Waals surface area contributed by atoms with Crippen LogP contribution in [0.4, 0.5) is 105 Å². The van der Waals surface area contributed by atoms with Gasteiger partial charge in [0.25, 0.3) is 0 Å². The fraction of sp³-hybridized carbons (Fsp3) is 0.212. The molecule has 0 unspecified atom stereocenters. The van der Waals surface area contributed by atoms with Crippen LogP contribution in [0, 0.1) is 0 Å². The summed E-state index contributed by atoms with van der Waals surface area (Å²) in [7, 11) is 0. The van der Waals surface area contributed by atoms with Gasteiger partial charge in [-0.3, -0.25) is 0 Å². The molecular weight excluding hydrogens is 1120 g/mol. The van der Waals surface area contributed by atoms with Crippen LogP contribution in [0.3, 0.4) is 0 Å². The lowest BCUT2D eigenvalue weighted by Gasteiger charge is -2.46. The summed E-state index contributed by atoms with van der Waals surface area (Å²) in [5.41, 5.74) is -27.8. The van der Waals surface area contributed by atoms with E-state index < -0.39 is 195 Å². The summed E-state index contributed by atoms with van der Waals surface area (Å²) in [6.07, 6.45) is -47.9. The standard InChI is InChI=1S/C32H12BF24.C20H20NO/c34-25(35,36)13-1-14(26(37,38)39)6-21(5-13)33(22-7-15(27(40,41)42)2-16(8-22)28(43,44)45,23-9-17(29(46,47)48)3-18(10-23)30(49,50)51)24-11-19(31(52,53)54)4-20(12-24)32(55,56)57;22-15-7-6-12-20-19-11-5-4-10-18(19)13-14-21(20)16-17-8-2-1-3-9-17/h1-12H;1-6,8-14,22H,7,15-16H2/q-1;+1. The van der Waals surface area contributed by atoms with Crippen molar-refractivity contribution in [2.24, 2.45) is 0 Å². The fourth-order valence-electron chi connectivity index (χ4n) is 8.72. The molecule has 1 heterocycles. The third kappa shape index (κ3) is 14.2. The molecule has 6 aromatic carbocycles. The maximum atomic E-state index is 14.2. The van der Waals surface area contributed by atoms with Gasteiger partial charge in [0, 0.05) is 24.3 Å². The number of benzene rings is 6. The SMILES string of the molecule is FC(F)(F)c1cc([B-](c2cc(C(F)(F)F)cc(C(F)(F)F)c2)(c2cc(C(F)(F)F)cc(C(F)(F)F)c2)c2cc(C(F)(F)F)cc(C(F)(F)F)c2)cc(C(F)(F)F)c1.OCCC=Cc1c2ccccc2cc[n+]1Cc1ccccc1. The topological polar surface area (TPSA) is 24.1 Å². The van der Waals surface area contributed by atoms with Crippen molar-refractivity contribution in [1.29, 1.82) is 0 Å². The van der Waals surface area contributed by atoms with Gasteiger partial charge in [0.15, 0.2) is 12.7 Å². The number of pyridine rings is 1. The van der Waals surface area contributed by atoms with E-state index in [4.69, 9.17) is 5.11 Å². The highest BCUT2D eigenvalue weighted by Gasteiger charge is 2.47.